The first-order valence-corrected chi connectivity index (χ1v) is 17.0. The van der Waals surface area contributed by atoms with Gasteiger partial charge in [-0.2, -0.15) is 0 Å². The molecule has 1 aliphatic heterocycles. The fourth-order valence-corrected chi connectivity index (χ4v) is 5.64. The predicted molar refractivity (Wildman–Crippen MR) is 185 cm³/mol. The molecule has 6 atom stereocenters. The van der Waals surface area contributed by atoms with Gasteiger partial charge in [0.2, 0.25) is 0 Å². The molecular formula is C38H63NO6. The van der Waals surface area contributed by atoms with E-state index in [2.05, 4.69) is 48.3 Å². The highest BCUT2D eigenvalue weighted by atomic mass is 16.6. The highest BCUT2D eigenvalue weighted by Crippen LogP contribution is 2.35. The van der Waals surface area contributed by atoms with Crippen LogP contribution in [0.5, 0.6) is 5.75 Å². The minimum absolute atomic E-state index is 0.126. The van der Waals surface area contributed by atoms with Crippen LogP contribution in [0.25, 0.3) is 0 Å². The predicted octanol–water partition coefficient (Wildman–Crippen LogP) is 6.70. The van der Waals surface area contributed by atoms with E-state index in [9.17, 15) is 15.3 Å². The van der Waals surface area contributed by atoms with Crippen molar-refractivity contribution in [2.75, 3.05) is 19.8 Å². The summed E-state index contributed by atoms with van der Waals surface area (Å²) in [6.45, 7) is 15.7. The van der Waals surface area contributed by atoms with Crippen LogP contribution in [-0.2, 0) is 15.9 Å². The number of aliphatic hydroxyl groups is 3. The number of hydrogen-bond acceptors (Lipinski definition) is 7. The summed E-state index contributed by atoms with van der Waals surface area (Å²) in [4.78, 5) is 0. The van der Waals surface area contributed by atoms with Crippen molar-refractivity contribution in [2.24, 2.45) is 5.41 Å². The van der Waals surface area contributed by atoms with E-state index in [4.69, 9.17) is 14.2 Å². The van der Waals surface area contributed by atoms with Gasteiger partial charge < -0.3 is 34.8 Å². The molecule has 0 amide bonds. The van der Waals surface area contributed by atoms with Gasteiger partial charge in [0.1, 0.15) is 36.8 Å². The second kappa shape index (κ2) is 20.3. The van der Waals surface area contributed by atoms with E-state index in [-0.39, 0.29) is 25.2 Å². The molecule has 7 heteroatoms. The minimum atomic E-state index is -0.930. The van der Waals surface area contributed by atoms with Crippen molar-refractivity contribution in [1.29, 1.82) is 0 Å². The third-order valence-electron chi connectivity index (χ3n) is 7.92. The van der Waals surface area contributed by atoms with Gasteiger partial charge in [0.05, 0.1) is 24.4 Å². The van der Waals surface area contributed by atoms with Crippen molar-refractivity contribution in [2.45, 2.75) is 141 Å². The quantitative estimate of drug-likeness (QED) is 0.0941. The molecule has 0 aliphatic carbocycles. The number of aliphatic hydroxyl groups excluding tert-OH is 3. The lowest BCUT2D eigenvalue weighted by Crippen LogP contribution is -2.68. The number of allylic oxidation sites excluding steroid dienone is 5. The minimum Gasteiger partial charge on any atom is -0.491 e. The summed E-state index contributed by atoms with van der Waals surface area (Å²) < 4.78 is 18.4. The lowest BCUT2D eigenvalue weighted by molar-refractivity contribution is -0.251. The number of ether oxygens (including phenoxy) is 3. The molecule has 0 aromatic heterocycles. The molecule has 1 fully saturated rings. The molecule has 0 bridgehead atoms. The smallest absolute Gasteiger partial charge is 0.119 e. The molecule has 2 rings (SSSR count). The Morgan fingerprint density at radius 3 is 2.36 bits per heavy atom. The van der Waals surface area contributed by atoms with Gasteiger partial charge in [-0.3, -0.25) is 0 Å². The van der Waals surface area contributed by atoms with Crippen LogP contribution < -0.4 is 10.1 Å². The third-order valence-corrected chi connectivity index (χ3v) is 7.92. The number of nitrogens with one attached hydrogen (secondary N) is 1. The molecule has 1 saturated heterocycles. The van der Waals surface area contributed by atoms with E-state index in [1.807, 2.05) is 59.8 Å². The third kappa shape index (κ3) is 15.4. The van der Waals surface area contributed by atoms with Gasteiger partial charge in [-0.1, -0.05) is 82.5 Å². The first-order chi connectivity index (χ1) is 21.4. The molecule has 7 nitrogen and oxygen atoms in total. The fraction of sp³-hybridized carbons (Fsp3) is 0.684. The maximum Gasteiger partial charge on any atom is 0.119 e. The molecule has 1 aromatic carbocycles. The molecular weight excluding hydrogens is 566 g/mol. The Labute approximate surface area is 273 Å². The SMILES string of the molecule is C=CC/C=C\C/C=C\CCCCCCCc1cccc(OCC(O)CNC2C(O)C(OC(C)(C)C)C(CO)OC2C(C)(C)C)c1. The van der Waals surface area contributed by atoms with Crippen molar-refractivity contribution >= 4 is 0 Å². The number of unbranched alkanes of at least 4 members (excludes halogenated alkanes) is 5. The van der Waals surface area contributed by atoms with E-state index in [0.29, 0.717) is 0 Å². The van der Waals surface area contributed by atoms with Crippen LogP contribution in [0.4, 0.5) is 0 Å². The molecule has 45 heavy (non-hydrogen) atoms. The van der Waals surface area contributed by atoms with Crippen molar-refractivity contribution in [3.05, 3.63) is 66.8 Å². The summed E-state index contributed by atoms with van der Waals surface area (Å²) in [5.74, 6) is 0.746. The Hall–Kier alpha value is -2.00. The van der Waals surface area contributed by atoms with Gasteiger partial charge in [0.25, 0.3) is 0 Å². The van der Waals surface area contributed by atoms with Gasteiger partial charge in [0.15, 0.2) is 0 Å². The first-order valence-electron chi connectivity index (χ1n) is 17.0. The standard InChI is InChI=1S/C38H63NO6/c1-8-9-10-11-12-13-14-15-16-17-18-19-20-22-29-23-21-24-31(25-29)43-28-30(41)26-39-33-34(42)35(45-38(5,6)7)32(27-40)44-36(33)37(2,3)4/h8,10-11,13-14,21,23-25,30,32-36,39-42H,1,9,12,15-20,22,26-28H2,2-7H3/b11-10-,14-13-. The van der Waals surface area contributed by atoms with Crippen molar-refractivity contribution < 1.29 is 29.5 Å². The zero-order valence-corrected chi connectivity index (χ0v) is 28.9. The summed E-state index contributed by atoms with van der Waals surface area (Å²) in [5, 5.41) is 35.5. The van der Waals surface area contributed by atoms with Gasteiger partial charge in [-0.15, -0.1) is 6.58 Å². The second-order valence-electron chi connectivity index (χ2n) is 14.4. The summed E-state index contributed by atoms with van der Waals surface area (Å²) >= 11 is 0. The molecule has 1 heterocycles. The highest BCUT2D eigenvalue weighted by molar-refractivity contribution is 5.28. The molecule has 0 radical (unpaired) electrons. The molecule has 4 N–H and O–H groups in total. The first kappa shape index (κ1) is 39.2. The highest BCUT2D eigenvalue weighted by Gasteiger charge is 2.50. The largest absolute Gasteiger partial charge is 0.491 e. The lowest BCUT2D eigenvalue weighted by Gasteiger charge is -2.50. The van der Waals surface area contributed by atoms with Crippen LogP contribution >= 0.6 is 0 Å². The Morgan fingerprint density at radius 1 is 0.978 bits per heavy atom. The Bertz CT molecular complexity index is 1010. The molecule has 6 unspecified atom stereocenters. The van der Waals surface area contributed by atoms with E-state index in [1.165, 1.54) is 31.2 Å². The normalized spacial score (nSPS) is 23.5. The van der Waals surface area contributed by atoms with E-state index in [1.54, 1.807) is 0 Å². The average Bonchev–Trinajstić information content (AvgIpc) is 2.97. The average molecular weight is 630 g/mol. The van der Waals surface area contributed by atoms with Crippen molar-refractivity contribution in [1.82, 2.24) is 5.32 Å². The van der Waals surface area contributed by atoms with Crippen LogP contribution in [0.15, 0.2) is 61.2 Å². The zero-order valence-electron chi connectivity index (χ0n) is 28.9. The molecule has 1 aliphatic rings. The monoisotopic (exact) mass is 629 g/mol. The summed E-state index contributed by atoms with van der Waals surface area (Å²) in [6, 6.07) is 7.62. The molecule has 0 spiro atoms. The van der Waals surface area contributed by atoms with Gasteiger partial charge in [0, 0.05) is 6.54 Å². The van der Waals surface area contributed by atoms with Gasteiger partial charge in [-0.25, -0.2) is 0 Å². The fourth-order valence-electron chi connectivity index (χ4n) is 5.64. The van der Waals surface area contributed by atoms with E-state index >= 15 is 0 Å². The number of rotatable bonds is 20. The maximum atomic E-state index is 11.4. The van der Waals surface area contributed by atoms with Crippen LogP contribution in [0, 0.1) is 5.41 Å². The zero-order chi connectivity index (χ0) is 33.3. The Morgan fingerprint density at radius 2 is 1.67 bits per heavy atom. The van der Waals surface area contributed by atoms with Crippen LogP contribution in [0.2, 0.25) is 0 Å². The summed E-state index contributed by atoms with van der Waals surface area (Å²) in [7, 11) is 0. The summed E-state index contributed by atoms with van der Waals surface area (Å²) in [5.41, 5.74) is 0.400. The lowest BCUT2D eigenvalue weighted by atomic mass is 9.78. The number of hydrogen-bond donors (Lipinski definition) is 4. The van der Waals surface area contributed by atoms with Crippen LogP contribution in [0.3, 0.4) is 0 Å². The number of benzene rings is 1. The molecule has 256 valence electrons. The maximum absolute atomic E-state index is 11.4. The van der Waals surface area contributed by atoms with Crippen LogP contribution in [-0.4, -0.2) is 77.2 Å². The Kier molecular flexibility index (Phi) is 17.7. The Balaban J connectivity index is 1.76. The van der Waals surface area contributed by atoms with E-state index in [0.717, 1.165) is 37.9 Å². The number of aryl methyl sites for hydroxylation is 1. The topological polar surface area (TPSA) is 100 Å². The van der Waals surface area contributed by atoms with E-state index < -0.39 is 42.2 Å². The van der Waals surface area contributed by atoms with Crippen molar-refractivity contribution in [3.63, 3.8) is 0 Å². The molecule has 0 saturated carbocycles. The molecule has 1 aromatic rings. The van der Waals surface area contributed by atoms with Crippen LogP contribution in [0.1, 0.15) is 98.5 Å². The van der Waals surface area contributed by atoms with Crippen molar-refractivity contribution in [3.8, 4) is 5.75 Å². The summed E-state index contributed by atoms with van der Waals surface area (Å²) in [6.07, 6.45) is 17.6. The second-order valence-corrected chi connectivity index (χ2v) is 14.4. The van der Waals surface area contributed by atoms with Gasteiger partial charge >= 0.3 is 0 Å². The van der Waals surface area contributed by atoms with Gasteiger partial charge in [-0.05, 0) is 82.4 Å².